The lowest BCUT2D eigenvalue weighted by atomic mass is 10.3. The van der Waals surface area contributed by atoms with E-state index in [-0.39, 0.29) is 19.1 Å². The van der Waals surface area contributed by atoms with E-state index in [1.54, 1.807) is 25.1 Å². The summed E-state index contributed by atoms with van der Waals surface area (Å²) in [5, 5.41) is 26.2. The van der Waals surface area contributed by atoms with E-state index in [1.165, 1.54) is 0 Å². The Morgan fingerprint density at radius 3 is 2.65 bits per heavy atom. The summed E-state index contributed by atoms with van der Waals surface area (Å²) in [6, 6.07) is 10.2. The molecule has 1 aromatic carbocycles. The van der Waals surface area contributed by atoms with E-state index < -0.39 is 12.1 Å². The van der Waals surface area contributed by atoms with Gasteiger partial charge in [0.15, 0.2) is 0 Å². The van der Waals surface area contributed by atoms with Crippen molar-refractivity contribution in [1.82, 2.24) is 9.97 Å². The monoisotopic (exact) mass is 317 g/mol. The molecular formula is C15H19N5O3. The quantitative estimate of drug-likeness (QED) is 0.546. The molecule has 0 aliphatic carbocycles. The highest BCUT2D eigenvalue weighted by atomic mass is 16.3. The van der Waals surface area contributed by atoms with Gasteiger partial charge in [-0.3, -0.25) is 5.32 Å². The minimum atomic E-state index is -0.886. The number of anilines is 3. The van der Waals surface area contributed by atoms with Crippen LogP contribution >= 0.6 is 0 Å². The number of amides is 2. The Morgan fingerprint density at radius 1 is 1.22 bits per heavy atom. The Bertz CT molecular complexity index is 651. The number of aliphatic hydroxyl groups is 2. The van der Waals surface area contributed by atoms with Crippen LogP contribution in [0.5, 0.6) is 0 Å². The first-order valence-corrected chi connectivity index (χ1v) is 7.08. The van der Waals surface area contributed by atoms with Crippen LogP contribution in [0.2, 0.25) is 0 Å². The highest BCUT2D eigenvalue weighted by Gasteiger charge is 2.08. The van der Waals surface area contributed by atoms with Gasteiger partial charge in [-0.25, -0.2) is 9.78 Å². The Labute approximate surface area is 133 Å². The third-order valence-corrected chi connectivity index (χ3v) is 2.84. The smallest absolute Gasteiger partial charge is 0.326 e. The Kier molecular flexibility index (Phi) is 5.84. The predicted molar refractivity (Wildman–Crippen MR) is 87.4 cm³/mol. The number of hydrogen-bond acceptors (Lipinski definition) is 6. The molecule has 0 aliphatic rings. The molecule has 0 bridgehead atoms. The topological polar surface area (TPSA) is 119 Å². The van der Waals surface area contributed by atoms with Crippen LogP contribution in [0, 0.1) is 6.92 Å². The summed E-state index contributed by atoms with van der Waals surface area (Å²) in [6.07, 6.45) is -0.886. The minimum absolute atomic E-state index is 0.138. The van der Waals surface area contributed by atoms with E-state index in [0.717, 1.165) is 0 Å². The molecule has 1 aromatic heterocycles. The van der Waals surface area contributed by atoms with Crippen LogP contribution < -0.4 is 16.0 Å². The molecule has 0 radical (unpaired) electrons. The molecule has 23 heavy (non-hydrogen) atoms. The fraction of sp³-hybridized carbons (Fsp3) is 0.267. The van der Waals surface area contributed by atoms with Gasteiger partial charge in [-0.05, 0) is 19.1 Å². The molecule has 1 unspecified atom stereocenters. The Morgan fingerprint density at radius 2 is 1.96 bits per heavy atom. The molecule has 0 aliphatic heterocycles. The van der Waals surface area contributed by atoms with Crippen LogP contribution in [0.3, 0.4) is 0 Å². The summed E-state index contributed by atoms with van der Waals surface area (Å²) >= 11 is 0. The predicted octanol–water partition coefficient (Wildman–Crippen LogP) is 1.19. The molecule has 1 heterocycles. The normalized spacial score (nSPS) is 11.6. The number of aryl methyl sites for hydroxylation is 1. The van der Waals surface area contributed by atoms with Crippen LogP contribution in [-0.2, 0) is 0 Å². The number of hydrogen-bond donors (Lipinski definition) is 5. The number of carbonyl (C=O) groups is 1. The molecule has 8 nitrogen and oxygen atoms in total. The van der Waals surface area contributed by atoms with Crippen molar-refractivity contribution in [2.45, 2.75) is 13.0 Å². The Hall–Kier alpha value is -2.71. The number of rotatable bonds is 6. The summed E-state index contributed by atoms with van der Waals surface area (Å²) in [5.74, 6) is 0.583. The molecule has 0 saturated carbocycles. The molecule has 5 N–H and O–H groups in total. The lowest BCUT2D eigenvalue weighted by molar-refractivity contribution is 0.105. The van der Waals surface area contributed by atoms with Crippen LogP contribution in [0.1, 0.15) is 5.69 Å². The van der Waals surface area contributed by atoms with E-state index >= 15 is 0 Å². The molecule has 2 amide bonds. The third kappa shape index (κ3) is 5.53. The molecule has 122 valence electrons. The maximum absolute atomic E-state index is 11.9. The number of aliphatic hydroxyl groups excluding tert-OH is 2. The number of urea groups is 1. The summed E-state index contributed by atoms with van der Waals surface area (Å²) in [4.78, 5) is 20.2. The first-order valence-electron chi connectivity index (χ1n) is 7.08. The maximum Gasteiger partial charge on any atom is 0.326 e. The third-order valence-electron chi connectivity index (χ3n) is 2.84. The average Bonchev–Trinajstić information content (AvgIpc) is 2.52. The standard InChI is InChI=1S/C15H19N5O3/c1-10-7-13(16-8-12(22)9-21)19-14(17-10)20-15(23)18-11-5-3-2-4-6-11/h2-7,12,21-22H,8-9H2,1H3,(H3,16,17,18,19,20,23). The molecule has 2 aromatic rings. The van der Waals surface area contributed by atoms with Gasteiger partial charge in [-0.2, -0.15) is 4.98 Å². The summed E-state index contributed by atoms with van der Waals surface area (Å²) in [5.41, 5.74) is 1.30. The molecule has 8 heteroatoms. The largest absolute Gasteiger partial charge is 0.394 e. The van der Waals surface area contributed by atoms with E-state index in [0.29, 0.717) is 17.2 Å². The van der Waals surface area contributed by atoms with Crippen molar-refractivity contribution >= 4 is 23.5 Å². The van der Waals surface area contributed by atoms with Crippen LogP contribution in [-0.4, -0.2) is 45.5 Å². The van der Waals surface area contributed by atoms with Crippen LogP contribution in [0.15, 0.2) is 36.4 Å². The van der Waals surface area contributed by atoms with Crippen LogP contribution in [0.4, 0.5) is 22.2 Å². The number of carbonyl (C=O) groups excluding carboxylic acids is 1. The van der Waals surface area contributed by atoms with Crippen molar-refractivity contribution in [2.75, 3.05) is 29.1 Å². The van der Waals surface area contributed by atoms with Crippen molar-refractivity contribution in [1.29, 1.82) is 0 Å². The molecule has 0 fully saturated rings. The van der Waals surface area contributed by atoms with Crippen molar-refractivity contribution in [3.63, 3.8) is 0 Å². The van der Waals surface area contributed by atoms with E-state index in [4.69, 9.17) is 5.11 Å². The van der Waals surface area contributed by atoms with Gasteiger partial charge in [0.1, 0.15) is 5.82 Å². The van der Waals surface area contributed by atoms with E-state index in [9.17, 15) is 9.90 Å². The number of nitrogens with zero attached hydrogens (tertiary/aromatic N) is 2. The van der Waals surface area contributed by atoms with Gasteiger partial charge < -0.3 is 20.8 Å². The highest BCUT2D eigenvalue weighted by molar-refractivity contribution is 5.98. The average molecular weight is 317 g/mol. The zero-order chi connectivity index (χ0) is 16.7. The van der Waals surface area contributed by atoms with Gasteiger partial charge in [-0.1, -0.05) is 18.2 Å². The zero-order valence-electron chi connectivity index (χ0n) is 12.7. The van der Waals surface area contributed by atoms with Gasteiger partial charge in [0.2, 0.25) is 5.95 Å². The number of para-hydroxylation sites is 1. The first-order chi connectivity index (χ1) is 11.1. The lowest BCUT2D eigenvalue weighted by Gasteiger charge is -2.12. The van der Waals surface area contributed by atoms with E-state index in [2.05, 4.69) is 25.9 Å². The second-order valence-electron chi connectivity index (χ2n) is 4.88. The molecule has 2 rings (SSSR count). The number of nitrogens with one attached hydrogen (secondary N) is 3. The second kappa shape index (κ2) is 8.06. The van der Waals surface area contributed by atoms with E-state index in [1.807, 2.05) is 18.2 Å². The summed E-state index contributed by atoms with van der Waals surface area (Å²) in [7, 11) is 0. The lowest BCUT2D eigenvalue weighted by Crippen LogP contribution is -2.24. The maximum atomic E-state index is 11.9. The second-order valence-corrected chi connectivity index (χ2v) is 4.88. The molecular weight excluding hydrogens is 298 g/mol. The summed E-state index contributed by atoms with van der Waals surface area (Å²) < 4.78 is 0. The van der Waals surface area contributed by atoms with Crippen molar-refractivity contribution in [2.24, 2.45) is 0 Å². The molecule has 0 spiro atoms. The van der Waals surface area contributed by atoms with Crippen LogP contribution in [0.25, 0.3) is 0 Å². The fourth-order valence-electron chi connectivity index (χ4n) is 1.79. The number of aromatic nitrogens is 2. The van der Waals surface area contributed by atoms with Crippen molar-refractivity contribution in [3.8, 4) is 0 Å². The SMILES string of the molecule is Cc1cc(NCC(O)CO)nc(NC(=O)Nc2ccccc2)n1. The molecule has 1 atom stereocenters. The van der Waals surface area contributed by atoms with Gasteiger partial charge in [0, 0.05) is 24.0 Å². The molecule has 0 saturated heterocycles. The fourth-order valence-corrected chi connectivity index (χ4v) is 1.79. The Balaban J connectivity index is 1.99. The number of benzene rings is 1. The minimum Gasteiger partial charge on any atom is -0.394 e. The van der Waals surface area contributed by atoms with Gasteiger partial charge >= 0.3 is 6.03 Å². The highest BCUT2D eigenvalue weighted by Crippen LogP contribution is 2.11. The first kappa shape index (κ1) is 16.7. The zero-order valence-corrected chi connectivity index (χ0v) is 12.7. The van der Waals surface area contributed by atoms with Crippen molar-refractivity contribution < 1.29 is 15.0 Å². The van der Waals surface area contributed by atoms with Gasteiger partial charge in [-0.15, -0.1) is 0 Å². The van der Waals surface area contributed by atoms with Gasteiger partial charge in [0.25, 0.3) is 0 Å². The summed E-state index contributed by atoms with van der Waals surface area (Å²) in [6.45, 7) is 1.56. The van der Waals surface area contributed by atoms with Crippen molar-refractivity contribution in [3.05, 3.63) is 42.1 Å². The van der Waals surface area contributed by atoms with Gasteiger partial charge in [0.05, 0.1) is 12.7 Å².